The van der Waals surface area contributed by atoms with Gasteiger partial charge in [0.2, 0.25) is 5.95 Å². The number of anilines is 4. The molecule has 1 N–H and O–H groups in total. The van der Waals surface area contributed by atoms with Crippen LogP contribution in [-0.2, 0) is 17.1 Å². The van der Waals surface area contributed by atoms with Crippen molar-refractivity contribution in [3.63, 3.8) is 0 Å². The van der Waals surface area contributed by atoms with Gasteiger partial charge in [-0.15, -0.1) is 0 Å². The molecule has 5 aromatic rings. The number of nitrogens with zero attached hydrogens (tertiary/aromatic N) is 5. The lowest BCUT2D eigenvalue weighted by molar-refractivity contribution is 0.600. The summed E-state index contributed by atoms with van der Waals surface area (Å²) in [5, 5.41) is 3.99. The van der Waals surface area contributed by atoms with E-state index < -0.39 is 10.0 Å². The van der Waals surface area contributed by atoms with Crippen LogP contribution in [-0.4, -0.2) is 28.2 Å². The van der Waals surface area contributed by atoms with Gasteiger partial charge in [-0.1, -0.05) is 54.6 Å². The highest BCUT2D eigenvalue weighted by atomic mass is 32.2. The molecule has 0 fully saturated rings. The lowest BCUT2D eigenvalue weighted by Gasteiger charge is -2.25. The topological polar surface area (TPSA) is 93.0 Å². The molecule has 3 aromatic carbocycles. The monoisotopic (exact) mass is 510 g/mol. The van der Waals surface area contributed by atoms with Gasteiger partial charge in [0.15, 0.2) is 0 Å². The molecule has 2 heterocycles. The molecule has 0 aliphatic rings. The largest absolute Gasteiger partial charge is 0.295 e. The van der Waals surface area contributed by atoms with Crippen LogP contribution in [0.3, 0.4) is 0 Å². The van der Waals surface area contributed by atoms with E-state index in [9.17, 15) is 8.42 Å². The Hall–Kier alpha value is -4.50. The van der Waals surface area contributed by atoms with Crippen molar-refractivity contribution in [2.75, 3.05) is 9.62 Å². The third kappa shape index (κ3) is 5.07. The molecule has 0 spiro atoms. The minimum absolute atomic E-state index is 0.0283. The van der Waals surface area contributed by atoms with E-state index in [0.29, 0.717) is 11.5 Å². The predicted molar refractivity (Wildman–Crippen MR) is 146 cm³/mol. The van der Waals surface area contributed by atoms with Crippen molar-refractivity contribution < 1.29 is 8.42 Å². The number of hydrogen-bond donors (Lipinski definition) is 1. The van der Waals surface area contributed by atoms with E-state index >= 15 is 0 Å². The van der Waals surface area contributed by atoms with Gasteiger partial charge in [-0.3, -0.25) is 9.58 Å². The van der Waals surface area contributed by atoms with Gasteiger partial charge in [-0.25, -0.2) is 18.1 Å². The Morgan fingerprint density at radius 2 is 1.41 bits per heavy atom. The maximum atomic E-state index is 13.2. The van der Waals surface area contributed by atoms with Gasteiger partial charge in [0, 0.05) is 36.2 Å². The number of aryl methyl sites for hydroxylation is 3. The number of sulfonamides is 1. The molecule has 0 atom stereocenters. The first-order chi connectivity index (χ1) is 17.8. The molecule has 0 radical (unpaired) electrons. The van der Waals surface area contributed by atoms with Gasteiger partial charge in [-0.2, -0.15) is 10.1 Å². The molecule has 0 aliphatic heterocycles. The maximum absolute atomic E-state index is 13.2. The highest BCUT2D eigenvalue weighted by molar-refractivity contribution is 7.92. The maximum Gasteiger partial charge on any atom is 0.267 e. The Bertz CT molecular complexity index is 1590. The zero-order valence-electron chi connectivity index (χ0n) is 20.7. The third-order valence-corrected chi connectivity index (χ3v) is 7.21. The van der Waals surface area contributed by atoms with Crippen molar-refractivity contribution in [1.29, 1.82) is 0 Å². The summed E-state index contributed by atoms with van der Waals surface area (Å²) >= 11 is 0. The smallest absolute Gasteiger partial charge is 0.267 e. The molecule has 8 nitrogen and oxygen atoms in total. The van der Waals surface area contributed by atoms with Crippen molar-refractivity contribution in [1.82, 2.24) is 19.7 Å². The zero-order chi connectivity index (χ0) is 26.0. The molecule has 0 saturated carbocycles. The standard InChI is InChI=1S/C28H26N6O2S/c1-20-11-10-12-21(2)27(20)25-17-26(31-28(30-25)32-37(35,36)24-18-29-33(3)19-24)34(22-13-6-4-7-14-22)23-15-8-5-9-16-23/h4-19H,1-3H3,(H,30,31,32). The Morgan fingerprint density at radius 3 is 1.95 bits per heavy atom. The van der Waals surface area contributed by atoms with Gasteiger partial charge in [0.05, 0.1) is 11.9 Å². The summed E-state index contributed by atoms with van der Waals surface area (Å²) in [5.74, 6) is 0.491. The number of aromatic nitrogens is 4. The molecule has 186 valence electrons. The average molecular weight is 511 g/mol. The van der Waals surface area contributed by atoms with E-state index in [2.05, 4.69) is 19.8 Å². The van der Waals surface area contributed by atoms with Crippen LogP contribution in [0.1, 0.15) is 11.1 Å². The van der Waals surface area contributed by atoms with Crippen LogP contribution in [0, 0.1) is 13.8 Å². The Morgan fingerprint density at radius 1 is 0.811 bits per heavy atom. The number of hydrogen-bond acceptors (Lipinski definition) is 6. The summed E-state index contributed by atoms with van der Waals surface area (Å²) in [6, 6.07) is 27.5. The van der Waals surface area contributed by atoms with Gasteiger partial charge >= 0.3 is 0 Å². The molecule has 0 unspecified atom stereocenters. The quantitative estimate of drug-likeness (QED) is 0.299. The van der Waals surface area contributed by atoms with Crippen molar-refractivity contribution in [3.8, 4) is 11.3 Å². The first-order valence-corrected chi connectivity index (χ1v) is 13.2. The second-order valence-electron chi connectivity index (χ2n) is 8.66. The number of benzene rings is 3. The lowest BCUT2D eigenvalue weighted by Crippen LogP contribution is -2.18. The van der Waals surface area contributed by atoms with E-state index in [-0.39, 0.29) is 10.8 Å². The molecular weight excluding hydrogens is 484 g/mol. The van der Waals surface area contributed by atoms with Crippen molar-refractivity contribution in [2.24, 2.45) is 7.05 Å². The number of nitrogens with one attached hydrogen (secondary N) is 1. The number of rotatable bonds is 7. The Labute approximate surface area is 216 Å². The van der Waals surface area contributed by atoms with E-state index in [1.807, 2.05) is 104 Å². The fourth-order valence-electron chi connectivity index (χ4n) is 4.23. The van der Waals surface area contributed by atoms with Crippen molar-refractivity contribution >= 4 is 33.2 Å². The Kier molecular flexibility index (Phi) is 6.45. The summed E-state index contributed by atoms with van der Waals surface area (Å²) in [5.41, 5.74) is 5.34. The van der Waals surface area contributed by atoms with Gasteiger partial charge in [0.1, 0.15) is 10.7 Å². The lowest BCUT2D eigenvalue weighted by atomic mass is 10.00. The highest BCUT2D eigenvalue weighted by Crippen LogP contribution is 2.36. The first-order valence-electron chi connectivity index (χ1n) is 11.7. The molecular formula is C28H26N6O2S. The van der Waals surface area contributed by atoms with Crippen LogP contribution < -0.4 is 9.62 Å². The van der Waals surface area contributed by atoms with E-state index in [1.165, 1.54) is 17.1 Å². The molecule has 0 amide bonds. The number of para-hydroxylation sites is 2. The van der Waals surface area contributed by atoms with Gasteiger partial charge in [-0.05, 0) is 49.2 Å². The van der Waals surface area contributed by atoms with Crippen molar-refractivity contribution in [3.05, 3.63) is 108 Å². The van der Waals surface area contributed by atoms with Gasteiger partial charge in [0.25, 0.3) is 10.0 Å². The third-order valence-electron chi connectivity index (χ3n) is 5.92. The zero-order valence-corrected chi connectivity index (χ0v) is 21.5. The highest BCUT2D eigenvalue weighted by Gasteiger charge is 2.22. The predicted octanol–water partition coefficient (Wildman–Crippen LogP) is 5.76. The minimum Gasteiger partial charge on any atom is -0.295 e. The van der Waals surface area contributed by atoms with Crippen molar-refractivity contribution in [2.45, 2.75) is 18.7 Å². The first kappa shape index (κ1) is 24.2. The van der Waals surface area contributed by atoms with Crippen LogP contribution >= 0.6 is 0 Å². The fourth-order valence-corrected chi connectivity index (χ4v) is 5.15. The average Bonchev–Trinajstić information content (AvgIpc) is 3.33. The normalized spacial score (nSPS) is 11.3. The second-order valence-corrected chi connectivity index (χ2v) is 10.3. The molecule has 0 aliphatic carbocycles. The van der Waals surface area contributed by atoms with Crippen LogP contribution in [0.15, 0.2) is 102 Å². The van der Waals surface area contributed by atoms with Gasteiger partial charge < -0.3 is 0 Å². The summed E-state index contributed by atoms with van der Waals surface area (Å²) in [6.45, 7) is 4.02. The van der Waals surface area contributed by atoms with Crippen LogP contribution in [0.2, 0.25) is 0 Å². The summed E-state index contributed by atoms with van der Waals surface area (Å²) in [4.78, 5) is 11.3. The molecule has 9 heteroatoms. The fraction of sp³-hybridized carbons (Fsp3) is 0.107. The second kappa shape index (κ2) is 9.87. The summed E-state index contributed by atoms with van der Waals surface area (Å²) < 4.78 is 30.3. The Balaban J connectivity index is 1.72. The van der Waals surface area contributed by atoms with Crippen LogP contribution in [0.5, 0.6) is 0 Å². The molecule has 37 heavy (non-hydrogen) atoms. The SMILES string of the molecule is Cc1cccc(C)c1-c1cc(N(c2ccccc2)c2ccccc2)nc(NS(=O)(=O)c2cnn(C)c2)n1. The molecule has 5 rings (SSSR count). The minimum atomic E-state index is -3.96. The molecule has 0 saturated heterocycles. The summed E-state index contributed by atoms with van der Waals surface area (Å²) in [7, 11) is -2.30. The van der Waals surface area contributed by atoms with Crippen LogP contribution in [0.25, 0.3) is 11.3 Å². The van der Waals surface area contributed by atoms with E-state index in [0.717, 1.165) is 28.1 Å². The summed E-state index contributed by atoms with van der Waals surface area (Å²) in [6.07, 6.45) is 2.72. The molecule has 0 bridgehead atoms. The molecule has 2 aromatic heterocycles. The van der Waals surface area contributed by atoms with E-state index in [4.69, 9.17) is 0 Å². The van der Waals surface area contributed by atoms with Crippen LogP contribution in [0.4, 0.5) is 23.1 Å². The van der Waals surface area contributed by atoms with E-state index in [1.54, 1.807) is 7.05 Å².